The smallest absolute Gasteiger partial charge is 0.220 e. The first-order valence-corrected chi connectivity index (χ1v) is 32.2. The number of aliphatic hydroxyl groups is 8. The van der Waals surface area contributed by atoms with Crippen LogP contribution in [0.1, 0.15) is 271 Å². The first-order chi connectivity index (χ1) is 38.1. The van der Waals surface area contributed by atoms with Crippen LogP contribution in [0.5, 0.6) is 0 Å². The van der Waals surface area contributed by atoms with Gasteiger partial charge in [0.2, 0.25) is 5.91 Å². The van der Waals surface area contributed by atoms with Crippen molar-refractivity contribution in [2.24, 2.45) is 0 Å². The van der Waals surface area contributed by atoms with Gasteiger partial charge in [0.25, 0.3) is 0 Å². The number of rotatable bonds is 52. The summed E-state index contributed by atoms with van der Waals surface area (Å²) in [6, 6.07) is -0.917. The molecule has 0 bridgehead atoms. The first kappa shape index (κ1) is 72.3. The summed E-state index contributed by atoms with van der Waals surface area (Å²) in [7, 11) is 0. The van der Waals surface area contributed by atoms with Gasteiger partial charge < -0.3 is 65.1 Å². The van der Waals surface area contributed by atoms with E-state index in [1.54, 1.807) is 6.08 Å². The molecule has 2 saturated heterocycles. The van der Waals surface area contributed by atoms with Crippen LogP contribution in [0.4, 0.5) is 0 Å². The number of hydrogen-bond acceptors (Lipinski definition) is 13. The van der Waals surface area contributed by atoms with Crippen molar-refractivity contribution >= 4 is 5.91 Å². The maximum absolute atomic E-state index is 13.3. The van der Waals surface area contributed by atoms with Gasteiger partial charge in [-0.1, -0.05) is 249 Å². The number of allylic oxidation sites excluding steroid dienone is 5. The molecule has 1 amide bonds. The van der Waals surface area contributed by atoms with Gasteiger partial charge in [0.1, 0.15) is 48.8 Å². The Kier molecular flexibility index (Phi) is 46.2. The summed E-state index contributed by atoms with van der Waals surface area (Å²) >= 11 is 0. The van der Waals surface area contributed by atoms with Crippen LogP contribution in [-0.2, 0) is 23.7 Å². The van der Waals surface area contributed by atoms with E-state index in [-0.39, 0.29) is 18.9 Å². The fraction of sp³-hybridized carbons (Fsp3) is 0.891. The van der Waals surface area contributed by atoms with E-state index in [0.29, 0.717) is 6.42 Å². The lowest BCUT2D eigenvalue weighted by Crippen LogP contribution is -2.65. The molecule has 12 atom stereocenters. The fourth-order valence-corrected chi connectivity index (χ4v) is 10.6. The summed E-state index contributed by atoms with van der Waals surface area (Å²) in [5, 5.41) is 87.3. The molecule has 0 radical (unpaired) electrons. The molecule has 0 aromatic heterocycles. The van der Waals surface area contributed by atoms with Gasteiger partial charge in [0.15, 0.2) is 12.6 Å². The summed E-state index contributed by atoms with van der Waals surface area (Å²) in [6.07, 6.45) is 44.6. The monoisotopic (exact) mass is 1110 g/mol. The number of amides is 1. The number of carbonyl (C=O) groups is 1. The number of aliphatic hydroxyl groups excluding tert-OH is 8. The Morgan fingerprint density at radius 3 is 1.28 bits per heavy atom. The molecule has 0 aromatic rings. The fourth-order valence-electron chi connectivity index (χ4n) is 10.6. The van der Waals surface area contributed by atoms with Crippen LogP contribution in [0.25, 0.3) is 0 Å². The lowest BCUT2D eigenvalue weighted by Gasteiger charge is -2.46. The van der Waals surface area contributed by atoms with E-state index in [9.17, 15) is 45.6 Å². The highest BCUT2D eigenvalue weighted by atomic mass is 16.7. The standard InChI is InChI=1S/C64H119NO13/c1-3-5-7-9-11-13-15-17-19-21-23-25-26-28-29-31-33-35-37-39-41-43-45-47-53(68)52(51-75-63-61(74)59(72)62(55(50-67)77-63)78-64-60(73)58(71)57(70)54(49-66)76-64)65-56(69)48-46-44-42-40-38-36-34-32-30-27-24-22-20-18-16-14-12-10-8-6-4-2/h16,18,22,24,45,47,52-55,57-64,66-68,70-74H,3-15,17,19-21,23,25-44,46,48-51H2,1-2H3,(H,65,69)/b18-16-,24-22-,47-45+. The number of ether oxygens (including phenoxy) is 4. The molecule has 78 heavy (non-hydrogen) atoms. The second kappa shape index (κ2) is 49.8. The molecule has 2 aliphatic heterocycles. The highest BCUT2D eigenvalue weighted by molar-refractivity contribution is 5.76. The molecule has 458 valence electrons. The molecule has 2 aliphatic rings. The molecule has 2 fully saturated rings. The van der Waals surface area contributed by atoms with E-state index >= 15 is 0 Å². The van der Waals surface area contributed by atoms with Gasteiger partial charge >= 0.3 is 0 Å². The zero-order chi connectivity index (χ0) is 56.7. The van der Waals surface area contributed by atoms with Crippen LogP contribution in [0.2, 0.25) is 0 Å². The third kappa shape index (κ3) is 34.6. The summed E-state index contributed by atoms with van der Waals surface area (Å²) in [5.74, 6) is -0.241. The zero-order valence-electron chi connectivity index (χ0n) is 49.4. The largest absolute Gasteiger partial charge is 0.394 e. The first-order valence-electron chi connectivity index (χ1n) is 32.2. The van der Waals surface area contributed by atoms with Gasteiger partial charge in [0, 0.05) is 6.42 Å². The zero-order valence-corrected chi connectivity index (χ0v) is 49.4. The predicted molar refractivity (Wildman–Crippen MR) is 314 cm³/mol. The summed E-state index contributed by atoms with van der Waals surface area (Å²) in [6.45, 7) is 2.82. The van der Waals surface area contributed by atoms with Gasteiger partial charge in [-0.3, -0.25) is 4.79 Å². The van der Waals surface area contributed by atoms with Gasteiger partial charge in [-0.15, -0.1) is 0 Å². The van der Waals surface area contributed by atoms with Crippen molar-refractivity contribution in [2.45, 2.75) is 344 Å². The second-order valence-corrected chi connectivity index (χ2v) is 22.9. The summed E-state index contributed by atoms with van der Waals surface area (Å²) in [4.78, 5) is 13.3. The van der Waals surface area contributed by atoms with Gasteiger partial charge in [-0.2, -0.15) is 0 Å². The Morgan fingerprint density at radius 2 is 0.846 bits per heavy atom. The van der Waals surface area contributed by atoms with E-state index in [1.165, 1.54) is 193 Å². The molecule has 0 saturated carbocycles. The minimum atomic E-state index is -1.79. The van der Waals surface area contributed by atoms with E-state index in [4.69, 9.17) is 18.9 Å². The van der Waals surface area contributed by atoms with Crippen LogP contribution < -0.4 is 5.32 Å². The van der Waals surface area contributed by atoms with Crippen molar-refractivity contribution in [3.05, 3.63) is 36.5 Å². The lowest BCUT2D eigenvalue weighted by molar-refractivity contribution is -0.359. The molecular formula is C64H119NO13. The number of nitrogens with one attached hydrogen (secondary N) is 1. The topological polar surface area (TPSA) is 228 Å². The average Bonchev–Trinajstić information content (AvgIpc) is 3.48. The summed E-state index contributed by atoms with van der Waals surface area (Å²) < 4.78 is 22.8. The molecule has 14 heteroatoms. The van der Waals surface area contributed by atoms with Crippen molar-refractivity contribution in [2.75, 3.05) is 19.8 Å². The number of hydrogen-bond donors (Lipinski definition) is 9. The summed E-state index contributed by atoms with van der Waals surface area (Å²) in [5.41, 5.74) is 0. The molecule has 2 heterocycles. The van der Waals surface area contributed by atoms with Gasteiger partial charge in [-0.05, 0) is 51.4 Å². The van der Waals surface area contributed by atoms with Crippen LogP contribution >= 0.6 is 0 Å². The van der Waals surface area contributed by atoms with Gasteiger partial charge in [0.05, 0.1) is 32.0 Å². The highest BCUT2D eigenvalue weighted by Crippen LogP contribution is 2.30. The predicted octanol–water partition coefficient (Wildman–Crippen LogP) is 11.8. The number of unbranched alkanes of at least 4 members (excludes halogenated alkanes) is 35. The quantitative estimate of drug-likeness (QED) is 0.0204. The van der Waals surface area contributed by atoms with Crippen LogP contribution in [0, 0.1) is 0 Å². The van der Waals surface area contributed by atoms with Crippen LogP contribution in [0.15, 0.2) is 36.5 Å². The third-order valence-electron chi connectivity index (χ3n) is 15.8. The molecule has 12 unspecified atom stereocenters. The number of carbonyl (C=O) groups excluding carboxylic acids is 1. The molecule has 14 nitrogen and oxygen atoms in total. The third-order valence-corrected chi connectivity index (χ3v) is 15.8. The van der Waals surface area contributed by atoms with E-state index in [2.05, 4.69) is 43.5 Å². The minimum absolute atomic E-state index is 0.241. The van der Waals surface area contributed by atoms with Crippen molar-refractivity contribution in [1.82, 2.24) is 5.32 Å². The van der Waals surface area contributed by atoms with Crippen LogP contribution in [-0.4, -0.2) is 140 Å². The maximum atomic E-state index is 13.3. The van der Waals surface area contributed by atoms with E-state index in [0.717, 1.165) is 51.4 Å². The Hall–Kier alpha value is -1.79. The Labute approximate surface area is 474 Å². The van der Waals surface area contributed by atoms with E-state index < -0.39 is 86.8 Å². The average molecular weight is 1110 g/mol. The lowest BCUT2D eigenvalue weighted by atomic mass is 9.97. The molecule has 0 aromatic carbocycles. The molecule has 0 spiro atoms. The Bertz CT molecular complexity index is 1450. The van der Waals surface area contributed by atoms with Crippen molar-refractivity contribution in [3.63, 3.8) is 0 Å². The van der Waals surface area contributed by atoms with Crippen molar-refractivity contribution < 1.29 is 64.6 Å². The van der Waals surface area contributed by atoms with Gasteiger partial charge in [-0.25, -0.2) is 0 Å². The van der Waals surface area contributed by atoms with Crippen LogP contribution in [0.3, 0.4) is 0 Å². The molecule has 9 N–H and O–H groups in total. The Balaban J connectivity index is 1.74. The normalized spacial score (nSPS) is 24.7. The van der Waals surface area contributed by atoms with E-state index in [1.807, 2.05) is 6.08 Å². The highest BCUT2D eigenvalue weighted by Gasteiger charge is 2.51. The van der Waals surface area contributed by atoms with Crippen molar-refractivity contribution in [1.29, 1.82) is 0 Å². The molecule has 0 aliphatic carbocycles. The Morgan fingerprint density at radius 1 is 0.462 bits per heavy atom. The maximum Gasteiger partial charge on any atom is 0.220 e. The molecule has 2 rings (SSSR count). The SMILES string of the molecule is CCCCCCC/C=C\C/C=C\CCCCCCCCCCCC(=O)NC(COC1OC(CO)C(OC2OC(CO)C(O)C(O)C2O)C(O)C1O)C(O)/C=C/CCCCCCCCCCCCCCCCCCCCCCC. The molecular weight excluding hydrogens is 991 g/mol. The second-order valence-electron chi connectivity index (χ2n) is 22.9. The minimum Gasteiger partial charge on any atom is -0.394 e. The van der Waals surface area contributed by atoms with Crippen molar-refractivity contribution in [3.8, 4) is 0 Å².